The fourth-order valence-corrected chi connectivity index (χ4v) is 4.22. The largest absolute Gasteiger partial charge is 0.354 e. The van der Waals surface area contributed by atoms with Crippen LogP contribution in [0.1, 0.15) is 51.1 Å². The Hall–Kier alpha value is -1.63. The van der Waals surface area contributed by atoms with E-state index in [4.69, 9.17) is 0 Å². The van der Waals surface area contributed by atoms with Gasteiger partial charge >= 0.3 is 0 Å². The smallest absolute Gasteiger partial charge is 0.237 e. The predicted octanol–water partition coefficient (Wildman–Crippen LogP) is 2.25. The summed E-state index contributed by atoms with van der Waals surface area (Å²) in [4.78, 5) is 27.2. The van der Waals surface area contributed by atoms with Crippen molar-refractivity contribution in [3.05, 3.63) is 35.9 Å². The van der Waals surface area contributed by atoms with Crippen LogP contribution in [0.4, 0.5) is 0 Å². The number of carbonyl (C=O) groups excluding carboxylic acids is 2. The van der Waals surface area contributed by atoms with E-state index in [1.807, 2.05) is 44.2 Å². The van der Waals surface area contributed by atoms with Gasteiger partial charge in [0, 0.05) is 13.1 Å². The van der Waals surface area contributed by atoms with E-state index in [9.17, 15) is 9.59 Å². The maximum atomic E-state index is 12.7. The first-order chi connectivity index (χ1) is 13.5. The minimum absolute atomic E-state index is 0. The molecule has 2 fully saturated rings. The first-order valence-corrected chi connectivity index (χ1v) is 10.6. The summed E-state index contributed by atoms with van der Waals surface area (Å²) in [6.07, 6.45) is 4.17. The van der Waals surface area contributed by atoms with Crippen LogP contribution in [-0.2, 0) is 9.59 Å². The molecule has 0 saturated carbocycles. The molecule has 3 N–H and O–H groups in total. The second-order valence-electron chi connectivity index (χ2n) is 8.21. The SMILES string of the molecule is CC(NC(=O)C(C)N1CCCC(CNC(=O)C2CCCN2)C1)c1ccccc1.Cl. The molecule has 162 valence electrons. The third-order valence-electron chi connectivity index (χ3n) is 6.08. The Balaban J connectivity index is 0.00000300. The third kappa shape index (κ3) is 6.69. The number of piperidine rings is 1. The van der Waals surface area contributed by atoms with Crippen molar-refractivity contribution in [2.24, 2.45) is 5.92 Å². The summed E-state index contributed by atoms with van der Waals surface area (Å²) < 4.78 is 0. The zero-order valence-corrected chi connectivity index (χ0v) is 18.3. The highest BCUT2D eigenvalue weighted by Gasteiger charge is 2.29. The van der Waals surface area contributed by atoms with Gasteiger partial charge in [0.15, 0.2) is 0 Å². The van der Waals surface area contributed by atoms with Gasteiger partial charge in [0.2, 0.25) is 11.8 Å². The summed E-state index contributed by atoms with van der Waals surface area (Å²) in [5, 5.41) is 9.49. The molecule has 7 heteroatoms. The average molecular weight is 423 g/mol. The Labute approximate surface area is 180 Å². The standard InChI is InChI=1S/C22H34N4O2.ClH/c1-16(19-9-4-3-5-10-19)25-21(27)17(2)26-13-7-8-18(15-26)14-24-22(28)20-11-6-12-23-20;/h3-5,9-10,16-18,20,23H,6-8,11-15H2,1-2H3,(H,24,28)(H,25,27);1H. The van der Waals surface area contributed by atoms with Gasteiger partial charge in [0.05, 0.1) is 18.1 Å². The fourth-order valence-electron chi connectivity index (χ4n) is 4.22. The van der Waals surface area contributed by atoms with Gasteiger partial charge in [-0.15, -0.1) is 12.4 Å². The van der Waals surface area contributed by atoms with Crippen LogP contribution in [-0.4, -0.2) is 55.0 Å². The van der Waals surface area contributed by atoms with Crippen molar-refractivity contribution in [1.29, 1.82) is 0 Å². The predicted molar refractivity (Wildman–Crippen MR) is 118 cm³/mol. The van der Waals surface area contributed by atoms with Crippen molar-refractivity contribution in [3.63, 3.8) is 0 Å². The third-order valence-corrected chi connectivity index (χ3v) is 6.08. The van der Waals surface area contributed by atoms with Gasteiger partial charge in [-0.3, -0.25) is 14.5 Å². The number of nitrogens with zero attached hydrogens (tertiary/aromatic N) is 1. The summed E-state index contributed by atoms with van der Waals surface area (Å²) in [6.45, 7) is 7.42. The first kappa shape index (κ1) is 23.6. The van der Waals surface area contributed by atoms with Crippen LogP contribution in [0.3, 0.4) is 0 Å². The zero-order valence-electron chi connectivity index (χ0n) is 17.5. The summed E-state index contributed by atoms with van der Waals surface area (Å²) >= 11 is 0. The van der Waals surface area contributed by atoms with Crippen molar-refractivity contribution in [2.75, 3.05) is 26.2 Å². The van der Waals surface area contributed by atoms with E-state index in [1.165, 1.54) is 0 Å². The topological polar surface area (TPSA) is 73.5 Å². The summed E-state index contributed by atoms with van der Waals surface area (Å²) in [7, 11) is 0. The molecule has 2 aliphatic rings. The van der Waals surface area contributed by atoms with Crippen LogP contribution < -0.4 is 16.0 Å². The molecule has 1 aromatic rings. The van der Waals surface area contributed by atoms with Gasteiger partial charge in [-0.2, -0.15) is 0 Å². The van der Waals surface area contributed by atoms with Crippen LogP contribution >= 0.6 is 12.4 Å². The number of hydrogen-bond acceptors (Lipinski definition) is 4. The molecule has 2 amide bonds. The quantitative estimate of drug-likeness (QED) is 0.630. The van der Waals surface area contributed by atoms with Gasteiger partial charge in [0.1, 0.15) is 0 Å². The normalized spacial score (nSPS) is 24.2. The van der Waals surface area contributed by atoms with Gasteiger partial charge in [-0.25, -0.2) is 0 Å². The lowest BCUT2D eigenvalue weighted by Gasteiger charge is -2.36. The molecule has 0 aromatic heterocycles. The number of hydrogen-bond donors (Lipinski definition) is 3. The molecule has 2 aliphatic heterocycles. The lowest BCUT2D eigenvalue weighted by molar-refractivity contribution is -0.127. The molecular weight excluding hydrogens is 388 g/mol. The Morgan fingerprint density at radius 1 is 1.17 bits per heavy atom. The molecule has 0 radical (unpaired) electrons. The molecule has 4 unspecified atom stereocenters. The van der Waals surface area contributed by atoms with Crippen LogP contribution in [0.2, 0.25) is 0 Å². The van der Waals surface area contributed by atoms with E-state index in [2.05, 4.69) is 20.9 Å². The Morgan fingerprint density at radius 3 is 2.62 bits per heavy atom. The molecule has 2 heterocycles. The number of likely N-dealkylation sites (tertiary alicyclic amines) is 1. The molecular formula is C22H35ClN4O2. The molecule has 6 nitrogen and oxygen atoms in total. The first-order valence-electron chi connectivity index (χ1n) is 10.6. The Morgan fingerprint density at radius 2 is 1.93 bits per heavy atom. The van der Waals surface area contributed by atoms with Crippen molar-refractivity contribution in [3.8, 4) is 0 Å². The van der Waals surface area contributed by atoms with E-state index in [0.717, 1.165) is 50.9 Å². The van der Waals surface area contributed by atoms with Crippen molar-refractivity contribution >= 4 is 24.2 Å². The van der Waals surface area contributed by atoms with Crippen molar-refractivity contribution in [2.45, 2.75) is 57.7 Å². The number of carbonyl (C=O) groups is 2. The lowest BCUT2D eigenvalue weighted by atomic mass is 9.96. The molecule has 4 atom stereocenters. The Kier molecular flexibility index (Phi) is 9.40. The second kappa shape index (κ2) is 11.5. The van der Waals surface area contributed by atoms with Crippen molar-refractivity contribution in [1.82, 2.24) is 20.9 Å². The van der Waals surface area contributed by atoms with Crippen molar-refractivity contribution < 1.29 is 9.59 Å². The average Bonchev–Trinajstić information content (AvgIpc) is 3.27. The maximum absolute atomic E-state index is 12.7. The summed E-state index contributed by atoms with van der Waals surface area (Å²) in [5.74, 6) is 0.592. The number of halogens is 1. The second-order valence-corrected chi connectivity index (χ2v) is 8.21. The highest BCUT2D eigenvalue weighted by molar-refractivity contribution is 5.85. The number of benzene rings is 1. The van der Waals surface area contributed by atoms with Crippen LogP contribution in [0.5, 0.6) is 0 Å². The maximum Gasteiger partial charge on any atom is 0.237 e. The number of rotatable bonds is 7. The number of nitrogens with one attached hydrogen (secondary N) is 3. The monoisotopic (exact) mass is 422 g/mol. The number of amides is 2. The molecule has 0 bridgehead atoms. The molecule has 1 aromatic carbocycles. The molecule has 0 aliphatic carbocycles. The zero-order chi connectivity index (χ0) is 19.9. The van der Waals surface area contributed by atoms with Crippen LogP contribution in [0, 0.1) is 5.92 Å². The minimum atomic E-state index is -0.166. The van der Waals surface area contributed by atoms with Gasteiger partial charge in [-0.1, -0.05) is 30.3 Å². The minimum Gasteiger partial charge on any atom is -0.354 e. The van der Waals surface area contributed by atoms with E-state index in [0.29, 0.717) is 12.5 Å². The summed E-state index contributed by atoms with van der Waals surface area (Å²) in [6, 6.07) is 9.84. The van der Waals surface area contributed by atoms with Crippen LogP contribution in [0.15, 0.2) is 30.3 Å². The van der Waals surface area contributed by atoms with E-state index < -0.39 is 0 Å². The fraction of sp³-hybridized carbons (Fsp3) is 0.636. The van der Waals surface area contributed by atoms with Gasteiger partial charge in [0.25, 0.3) is 0 Å². The molecule has 0 spiro atoms. The van der Waals surface area contributed by atoms with E-state index in [1.54, 1.807) is 0 Å². The lowest BCUT2D eigenvalue weighted by Crippen LogP contribution is -2.51. The van der Waals surface area contributed by atoms with Gasteiger partial charge in [-0.05, 0) is 64.1 Å². The van der Waals surface area contributed by atoms with E-state index in [-0.39, 0.29) is 42.3 Å². The highest BCUT2D eigenvalue weighted by Crippen LogP contribution is 2.19. The van der Waals surface area contributed by atoms with E-state index >= 15 is 0 Å². The molecule has 2 saturated heterocycles. The molecule has 3 rings (SSSR count). The Bertz CT molecular complexity index is 651. The van der Waals surface area contributed by atoms with Gasteiger partial charge < -0.3 is 16.0 Å². The van der Waals surface area contributed by atoms with Crippen LogP contribution in [0.25, 0.3) is 0 Å². The highest BCUT2D eigenvalue weighted by atomic mass is 35.5. The molecule has 29 heavy (non-hydrogen) atoms. The summed E-state index contributed by atoms with van der Waals surface area (Å²) in [5.41, 5.74) is 1.11.